The van der Waals surface area contributed by atoms with Gasteiger partial charge in [0, 0.05) is 18.5 Å². The molecule has 3 heterocycles. The van der Waals surface area contributed by atoms with Crippen molar-refractivity contribution in [2.24, 2.45) is 0 Å². The van der Waals surface area contributed by atoms with Gasteiger partial charge in [-0.05, 0) is 49.2 Å². The summed E-state index contributed by atoms with van der Waals surface area (Å²) in [7, 11) is 1.64. The zero-order valence-electron chi connectivity index (χ0n) is 19.0. The normalized spacial score (nSPS) is 11.5. The number of aryl methyl sites for hydroxylation is 1. The Balaban J connectivity index is 1.84. The molecule has 5 aromatic rings. The van der Waals surface area contributed by atoms with E-state index in [1.807, 2.05) is 66.2 Å². The standard InChI is InChI=1S/C26H26N4O3/c1-4-8-22-28-25-24(26-27-19-10-6-7-11-20(19)30(22)26)21(33-23(31)9-5-2)16-29(25)17-12-14-18(32-3)15-13-17/h6-7,10-16H,4-5,8-9H2,1-3H3. The van der Waals surface area contributed by atoms with Crippen LogP contribution in [0.15, 0.2) is 54.7 Å². The van der Waals surface area contributed by atoms with Crippen LogP contribution in [0.25, 0.3) is 33.4 Å². The molecule has 0 amide bonds. The highest BCUT2D eigenvalue weighted by Gasteiger charge is 2.22. The molecule has 0 N–H and O–H groups in total. The third-order valence-corrected chi connectivity index (χ3v) is 5.72. The minimum Gasteiger partial charge on any atom is -0.497 e. The van der Waals surface area contributed by atoms with Crippen LogP contribution in [0.5, 0.6) is 11.5 Å². The number of benzene rings is 2. The van der Waals surface area contributed by atoms with E-state index >= 15 is 0 Å². The number of methoxy groups -OCH3 is 1. The Kier molecular flexibility index (Phi) is 5.46. The Morgan fingerprint density at radius 1 is 0.970 bits per heavy atom. The van der Waals surface area contributed by atoms with Crippen LogP contribution < -0.4 is 9.47 Å². The summed E-state index contributed by atoms with van der Waals surface area (Å²) in [5, 5.41) is 0.728. The van der Waals surface area contributed by atoms with E-state index in [1.165, 1.54) is 0 Å². The van der Waals surface area contributed by atoms with Crippen molar-refractivity contribution in [3.63, 3.8) is 0 Å². The molecule has 0 spiro atoms. The Bertz CT molecular complexity index is 1460. The molecule has 168 valence electrons. The van der Waals surface area contributed by atoms with Crippen LogP contribution in [0.1, 0.15) is 38.9 Å². The lowest BCUT2D eigenvalue weighted by Gasteiger charge is -2.09. The van der Waals surface area contributed by atoms with E-state index in [2.05, 4.69) is 11.3 Å². The lowest BCUT2D eigenvalue weighted by molar-refractivity contribution is -0.134. The summed E-state index contributed by atoms with van der Waals surface area (Å²) in [6, 6.07) is 15.7. The molecule has 7 heteroatoms. The summed E-state index contributed by atoms with van der Waals surface area (Å²) < 4.78 is 15.2. The van der Waals surface area contributed by atoms with Crippen LogP contribution >= 0.6 is 0 Å². The molecule has 0 unspecified atom stereocenters. The number of hydrogen-bond acceptors (Lipinski definition) is 5. The molecule has 0 radical (unpaired) electrons. The van der Waals surface area contributed by atoms with Gasteiger partial charge in [-0.1, -0.05) is 26.0 Å². The number of nitrogens with zero attached hydrogens (tertiary/aromatic N) is 4. The number of esters is 1. The largest absolute Gasteiger partial charge is 0.497 e. The SMILES string of the molecule is CCCC(=O)Oc1cn(-c2ccc(OC)cc2)c2nc(CCC)n3c4ccccc4nc3c12. The summed E-state index contributed by atoms with van der Waals surface area (Å²) >= 11 is 0. The highest BCUT2D eigenvalue weighted by molar-refractivity contribution is 6.01. The quantitative estimate of drug-likeness (QED) is 0.312. The van der Waals surface area contributed by atoms with Gasteiger partial charge in [-0.3, -0.25) is 13.8 Å². The highest BCUT2D eigenvalue weighted by Crippen LogP contribution is 2.35. The molecular weight excluding hydrogens is 416 g/mol. The summed E-state index contributed by atoms with van der Waals surface area (Å²) in [5.41, 5.74) is 4.23. The van der Waals surface area contributed by atoms with Crippen molar-refractivity contribution in [1.82, 2.24) is 18.9 Å². The van der Waals surface area contributed by atoms with Crippen molar-refractivity contribution in [2.75, 3.05) is 7.11 Å². The summed E-state index contributed by atoms with van der Waals surface area (Å²) in [6.07, 6.45) is 4.65. The van der Waals surface area contributed by atoms with Crippen molar-refractivity contribution in [3.05, 3.63) is 60.6 Å². The maximum atomic E-state index is 12.5. The van der Waals surface area contributed by atoms with E-state index in [9.17, 15) is 4.79 Å². The van der Waals surface area contributed by atoms with Crippen LogP contribution in [0.3, 0.4) is 0 Å². The van der Waals surface area contributed by atoms with Crippen molar-refractivity contribution < 1.29 is 14.3 Å². The van der Waals surface area contributed by atoms with Crippen molar-refractivity contribution in [2.45, 2.75) is 39.5 Å². The predicted octanol–water partition coefficient (Wildman–Crippen LogP) is 5.49. The molecule has 33 heavy (non-hydrogen) atoms. The number of ether oxygens (including phenoxy) is 2. The number of fused-ring (bicyclic) bond motifs is 5. The number of carbonyl (C=O) groups is 1. The van der Waals surface area contributed by atoms with Gasteiger partial charge in [-0.2, -0.15) is 0 Å². The molecule has 2 aromatic carbocycles. The second kappa shape index (κ2) is 8.58. The van der Waals surface area contributed by atoms with Crippen molar-refractivity contribution >= 4 is 33.7 Å². The second-order valence-electron chi connectivity index (χ2n) is 8.02. The molecule has 7 nitrogen and oxygen atoms in total. The van der Waals surface area contributed by atoms with Gasteiger partial charge >= 0.3 is 5.97 Å². The maximum Gasteiger partial charge on any atom is 0.311 e. The number of para-hydroxylation sites is 2. The fourth-order valence-corrected chi connectivity index (χ4v) is 4.21. The molecule has 5 rings (SSSR count). The fourth-order valence-electron chi connectivity index (χ4n) is 4.21. The lowest BCUT2D eigenvalue weighted by atomic mass is 10.2. The maximum absolute atomic E-state index is 12.5. The summed E-state index contributed by atoms with van der Waals surface area (Å²) in [6.45, 7) is 4.09. The molecule has 0 fully saturated rings. The minimum atomic E-state index is -0.266. The van der Waals surface area contributed by atoms with E-state index in [-0.39, 0.29) is 5.97 Å². The first-order chi connectivity index (χ1) is 16.1. The van der Waals surface area contributed by atoms with Gasteiger partial charge in [0.2, 0.25) is 0 Å². The molecule has 0 aliphatic heterocycles. The number of hydrogen-bond donors (Lipinski definition) is 0. The smallest absolute Gasteiger partial charge is 0.311 e. The van der Waals surface area contributed by atoms with E-state index in [1.54, 1.807) is 7.11 Å². The minimum absolute atomic E-state index is 0.266. The fraction of sp³-hybridized carbons (Fsp3) is 0.269. The van der Waals surface area contributed by atoms with E-state index in [0.717, 1.165) is 58.6 Å². The molecule has 0 atom stereocenters. The lowest BCUT2D eigenvalue weighted by Crippen LogP contribution is -2.07. The monoisotopic (exact) mass is 442 g/mol. The first-order valence-electron chi connectivity index (χ1n) is 11.3. The zero-order chi connectivity index (χ0) is 22.9. The van der Waals surface area contributed by atoms with Gasteiger partial charge in [0.05, 0.1) is 24.3 Å². The molecular formula is C26H26N4O3. The first kappa shape index (κ1) is 21.0. The molecule has 0 saturated carbocycles. The van der Waals surface area contributed by atoms with E-state index in [0.29, 0.717) is 17.8 Å². The van der Waals surface area contributed by atoms with Gasteiger partial charge in [0.15, 0.2) is 17.0 Å². The number of aromatic nitrogens is 4. The predicted molar refractivity (Wildman–Crippen MR) is 128 cm³/mol. The Morgan fingerprint density at radius 3 is 2.48 bits per heavy atom. The number of imidazole rings is 1. The third kappa shape index (κ3) is 3.59. The Morgan fingerprint density at radius 2 is 1.76 bits per heavy atom. The van der Waals surface area contributed by atoms with Crippen molar-refractivity contribution in [1.29, 1.82) is 0 Å². The van der Waals surface area contributed by atoms with Crippen LogP contribution in [-0.2, 0) is 11.2 Å². The van der Waals surface area contributed by atoms with Gasteiger partial charge < -0.3 is 9.47 Å². The molecule has 0 aliphatic carbocycles. The van der Waals surface area contributed by atoms with E-state index in [4.69, 9.17) is 19.4 Å². The summed E-state index contributed by atoms with van der Waals surface area (Å²) in [5.74, 6) is 1.90. The van der Waals surface area contributed by atoms with Gasteiger partial charge in [-0.25, -0.2) is 9.97 Å². The van der Waals surface area contributed by atoms with Gasteiger partial charge in [0.25, 0.3) is 0 Å². The van der Waals surface area contributed by atoms with E-state index < -0.39 is 0 Å². The zero-order valence-corrected chi connectivity index (χ0v) is 19.0. The van der Waals surface area contributed by atoms with Crippen LogP contribution in [0.2, 0.25) is 0 Å². The first-order valence-corrected chi connectivity index (χ1v) is 11.3. The topological polar surface area (TPSA) is 70.7 Å². The van der Waals surface area contributed by atoms with Crippen LogP contribution in [0.4, 0.5) is 0 Å². The molecule has 0 aliphatic rings. The molecule has 3 aromatic heterocycles. The Labute approximate surface area is 191 Å². The van der Waals surface area contributed by atoms with Crippen LogP contribution in [-0.4, -0.2) is 32.0 Å². The highest BCUT2D eigenvalue weighted by atomic mass is 16.5. The third-order valence-electron chi connectivity index (χ3n) is 5.72. The molecule has 0 saturated heterocycles. The number of carbonyl (C=O) groups excluding carboxylic acids is 1. The van der Waals surface area contributed by atoms with Crippen molar-refractivity contribution in [3.8, 4) is 17.2 Å². The molecule has 0 bridgehead atoms. The van der Waals surface area contributed by atoms with Crippen LogP contribution in [0, 0.1) is 0 Å². The van der Waals surface area contributed by atoms with Gasteiger partial charge in [0.1, 0.15) is 17.0 Å². The average molecular weight is 443 g/mol. The second-order valence-corrected chi connectivity index (χ2v) is 8.02. The van der Waals surface area contributed by atoms with Gasteiger partial charge in [-0.15, -0.1) is 0 Å². The number of rotatable bonds is 7. The summed E-state index contributed by atoms with van der Waals surface area (Å²) in [4.78, 5) is 22.5. The average Bonchev–Trinajstić information content (AvgIpc) is 3.38. The Hall–Kier alpha value is -3.87.